The molecule has 1 amide bonds. The number of benzene rings is 1. The Bertz CT molecular complexity index is 895. The maximum absolute atomic E-state index is 12.4. The second-order valence-electron chi connectivity index (χ2n) is 8.95. The zero-order chi connectivity index (χ0) is 20.6. The monoisotopic (exact) mass is 395 g/mol. The van der Waals surface area contributed by atoms with Crippen molar-refractivity contribution in [1.29, 1.82) is 0 Å². The van der Waals surface area contributed by atoms with E-state index in [2.05, 4.69) is 28.5 Å². The summed E-state index contributed by atoms with van der Waals surface area (Å²) in [7, 11) is 1.62. The summed E-state index contributed by atoms with van der Waals surface area (Å²) >= 11 is 0. The molecular weight excluding hydrogens is 366 g/mol. The summed E-state index contributed by atoms with van der Waals surface area (Å²) in [5.74, 6) is 0.613. The molecule has 4 rings (SSSR count). The van der Waals surface area contributed by atoms with Crippen LogP contribution in [0.15, 0.2) is 36.5 Å². The number of aromatic nitrogens is 1. The average molecular weight is 396 g/mol. The second kappa shape index (κ2) is 7.25. The van der Waals surface area contributed by atoms with Crippen LogP contribution in [0.3, 0.4) is 0 Å². The van der Waals surface area contributed by atoms with Gasteiger partial charge in [0.25, 0.3) is 0 Å². The minimum absolute atomic E-state index is 0.0593. The molecule has 3 heterocycles. The molecule has 0 atom stereocenters. The standard InChI is InChI=1S/C23H29N3O3/c1-22(2,3)29-21(27)26-11-9-23(10-12-26)15-25-19-7-5-16(13-18(19)23)17-6-8-20(28-4)24-14-17/h5-8,13-14,25H,9-12,15H2,1-4H3. The van der Waals surface area contributed by atoms with Crippen LogP contribution >= 0.6 is 0 Å². The number of anilines is 1. The highest BCUT2D eigenvalue weighted by molar-refractivity contribution is 5.72. The number of carbonyl (C=O) groups is 1. The molecule has 0 saturated carbocycles. The molecule has 6 heteroatoms. The van der Waals surface area contributed by atoms with Gasteiger partial charge in [0, 0.05) is 48.6 Å². The number of hydrogen-bond donors (Lipinski definition) is 1. The molecule has 1 aromatic heterocycles. The van der Waals surface area contributed by atoms with E-state index in [4.69, 9.17) is 9.47 Å². The summed E-state index contributed by atoms with van der Waals surface area (Å²) in [6.45, 7) is 8.05. The first-order valence-corrected chi connectivity index (χ1v) is 10.2. The molecule has 2 aromatic rings. The van der Waals surface area contributed by atoms with Crippen molar-refractivity contribution >= 4 is 11.8 Å². The van der Waals surface area contributed by atoms with Gasteiger partial charge in [-0.15, -0.1) is 0 Å². The Morgan fingerprint density at radius 2 is 1.86 bits per heavy atom. The van der Waals surface area contributed by atoms with Gasteiger partial charge in [0.2, 0.25) is 5.88 Å². The van der Waals surface area contributed by atoms with Crippen molar-refractivity contribution in [2.24, 2.45) is 0 Å². The fourth-order valence-corrected chi connectivity index (χ4v) is 4.24. The van der Waals surface area contributed by atoms with Crippen LogP contribution in [0, 0.1) is 0 Å². The highest BCUT2D eigenvalue weighted by Gasteiger charge is 2.43. The number of carbonyl (C=O) groups excluding carboxylic acids is 1. The van der Waals surface area contributed by atoms with E-state index in [1.807, 2.05) is 44.0 Å². The third kappa shape index (κ3) is 3.88. The van der Waals surface area contributed by atoms with Crippen LogP contribution in [0.4, 0.5) is 10.5 Å². The predicted octanol–water partition coefficient (Wildman–Crippen LogP) is 4.45. The van der Waals surface area contributed by atoms with Gasteiger partial charge in [-0.05, 0) is 62.9 Å². The SMILES string of the molecule is COc1ccc(-c2ccc3c(c2)C2(CCN(C(=O)OC(C)(C)C)CC2)CN3)cn1. The van der Waals surface area contributed by atoms with Crippen molar-refractivity contribution in [2.45, 2.75) is 44.6 Å². The Kier molecular flexibility index (Phi) is 4.89. The van der Waals surface area contributed by atoms with Gasteiger partial charge in [0.15, 0.2) is 0 Å². The van der Waals surface area contributed by atoms with Gasteiger partial charge in [-0.3, -0.25) is 0 Å². The lowest BCUT2D eigenvalue weighted by Crippen LogP contribution is -2.47. The Morgan fingerprint density at radius 1 is 1.14 bits per heavy atom. The molecule has 2 aliphatic rings. The summed E-state index contributed by atoms with van der Waals surface area (Å²) < 4.78 is 10.7. The lowest BCUT2D eigenvalue weighted by atomic mass is 9.74. The number of rotatable bonds is 2. The summed E-state index contributed by atoms with van der Waals surface area (Å²) in [6.07, 6.45) is 3.49. The molecule has 1 fully saturated rings. The number of pyridine rings is 1. The highest BCUT2D eigenvalue weighted by Crippen LogP contribution is 2.45. The van der Waals surface area contributed by atoms with Crippen LogP contribution in [0.25, 0.3) is 11.1 Å². The Morgan fingerprint density at radius 3 is 2.48 bits per heavy atom. The van der Waals surface area contributed by atoms with E-state index in [0.29, 0.717) is 19.0 Å². The van der Waals surface area contributed by atoms with E-state index >= 15 is 0 Å². The van der Waals surface area contributed by atoms with Gasteiger partial charge in [-0.1, -0.05) is 6.07 Å². The molecule has 6 nitrogen and oxygen atoms in total. The zero-order valence-electron chi connectivity index (χ0n) is 17.6. The van der Waals surface area contributed by atoms with E-state index in [1.165, 1.54) is 11.3 Å². The Balaban J connectivity index is 1.53. The third-order valence-electron chi connectivity index (χ3n) is 5.86. The van der Waals surface area contributed by atoms with Gasteiger partial charge in [-0.25, -0.2) is 9.78 Å². The first kappa shape index (κ1) is 19.6. The van der Waals surface area contributed by atoms with E-state index in [-0.39, 0.29) is 11.5 Å². The minimum Gasteiger partial charge on any atom is -0.481 e. The average Bonchev–Trinajstić information content (AvgIpc) is 3.05. The van der Waals surface area contributed by atoms with E-state index in [1.54, 1.807) is 7.11 Å². The van der Waals surface area contributed by atoms with Crippen LogP contribution in [0.5, 0.6) is 5.88 Å². The van der Waals surface area contributed by atoms with Crippen molar-refractivity contribution in [1.82, 2.24) is 9.88 Å². The number of nitrogens with one attached hydrogen (secondary N) is 1. The van der Waals surface area contributed by atoms with Crippen molar-refractivity contribution in [3.05, 3.63) is 42.1 Å². The topological polar surface area (TPSA) is 63.7 Å². The smallest absolute Gasteiger partial charge is 0.410 e. The molecule has 29 heavy (non-hydrogen) atoms. The van der Waals surface area contributed by atoms with Gasteiger partial charge < -0.3 is 19.7 Å². The molecule has 1 spiro atoms. The molecular formula is C23H29N3O3. The second-order valence-corrected chi connectivity index (χ2v) is 8.95. The van der Waals surface area contributed by atoms with Gasteiger partial charge >= 0.3 is 6.09 Å². The molecule has 1 aromatic carbocycles. The molecule has 0 bridgehead atoms. The molecule has 0 radical (unpaired) electrons. The van der Waals surface area contributed by atoms with Gasteiger partial charge in [-0.2, -0.15) is 0 Å². The van der Waals surface area contributed by atoms with Crippen molar-refractivity contribution in [3.63, 3.8) is 0 Å². The van der Waals surface area contributed by atoms with E-state index < -0.39 is 5.60 Å². The van der Waals surface area contributed by atoms with Crippen LogP contribution < -0.4 is 10.1 Å². The van der Waals surface area contributed by atoms with E-state index in [9.17, 15) is 4.79 Å². The first-order chi connectivity index (χ1) is 13.8. The summed E-state index contributed by atoms with van der Waals surface area (Å²) in [5, 5.41) is 3.57. The molecule has 0 unspecified atom stereocenters. The quantitative estimate of drug-likeness (QED) is 0.814. The number of fused-ring (bicyclic) bond motifs is 2. The third-order valence-corrected chi connectivity index (χ3v) is 5.86. The number of ether oxygens (including phenoxy) is 2. The van der Waals surface area contributed by atoms with Crippen LogP contribution in [0.2, 0.25) is 0 Å². The normalized spacial score (nSPS) is 17.6. The number of nitrogens with zero attached hydrogens (tertiary/aromatic N) is 2. The maximum atomic E-state index is 12.4. The fraction of sp³-hybridized carbons (Fsp3) is 0.478. The molecule has 154 valence electrons. The lowest BCUT2D eigenvalue weighted by Gasteiger charge is -2.39. The van der Waals surface area contributed by atoms with Gasteiger partial charge in [0.1, 0.15) is 5.60 Å². The van der Waals surface area contributed by atoms with Crippen LogP contribution in [-0.4, -0.2) is 48.3 Å². The van der Waals surface area contributed by atoms with Crippen LogP contribution in [-0.2, 0) is 10.2 Å². The number of amides is 1. The van der Waals surface area contributed by atoms with Crippen molar-refractivity contribution in [2.75, 3.05) is 32.1 Å². The first-order valence-electron chi connectivity index (χ1n) is 10.2. The Hall–Kier alpha value is -2.76. The minimum atomic E-state index is -0.463. The molecule has 1 N–H and O–H groups in total. The summed E-state index contributed by atoms with van der Waals surface area (Å²) in [4.78, 5) is 18.6. The molecule has 1 saturated heterocycles. The fourth-order valence-electron chi connectivity index (χ4n) is 4.24. The Labute approximate surface area is 172 Å². The van der Waals surface area contributed by atoms with Crippen LogP contribution in [0.1, 0.15) is 39.2 Å². The number of methoxy groups -OCH3 is 1. The number of piperidine rings is 1. The van der Waals surface area contributed by atoms with Gasteiger partial charge in [0.05, 0.1) is 7.11 Å². The summed E-state index contributed by atoms with van der Waals surface area (Å²) in [6, 6.07) is 10.5. The van der Waals surface area contributed by atoms with Crippen molar-refractivity contribution < 1.29 is 14.3 Å². The maximum Gasteiger partial charge on any atom is 0.410 e. The summed E-state index contributed by atoms with van der Waals surface area (Å²) in [5.41, 5.74) is 4.35. The van der Waals surface area contributed by atoms with E-state index in [0.717, 1.165) is 30.5 Å². The zero-order valence-corrected chi connectivity index (χ0v) is 17.6. The number of hydrogen-bond acceptors (Lipinski definition) is 5. The largest absolute Gasteiger partial charge is 0.481 e. The number of likely N-dealkylation sites (tertiary alicyclic amines) is 1. The molecule has 0 aliphatic carbocycles. The predicted molar refractivity (Wildman–Crippen MR) is 113 cm³/mol. The lowest BCUT2D eigenvalue weighted by molar-refractivity contribution is 0.0172. The van der Waals surface area contributed by atoms with Crippen molar-refractivity contribution in [3.8, 4) is 17.0 Å². The highest BCUT2D eigenvalue weighted by atomic mass is 16.6. The molecule has 2 aliphatic heterocycles.